The van der Waals surface area contributed by atoms with Gasteiger partial charge in [0.15, 0.2) is 0 Å². The average molecular weight is 341 g/mol. The van der Waals surface area contributed by atoms with Crippen molar-refractivity contribution in [1.29, 1.82) is 0 Å². The number of hydrogen-bond acceptors (Lipinski definition) is 4. The van der Waals surface area contributed by atoms with E-state index < -0.39 is 0 Å². The van der Waals surface area contributed by atoms with Crippen LogP contribution in [-0.4, -0.2) is 79.4 Å². The van der Waals surface area contributed by atoms with Crippen molar-refractivity contribution < 1.29 is 9.53 Å². The molecule has 0 atom stereocenters. The first-order chi connectivity index (χ1) is 11.3. The molecule has 0 aromatic rings. The molecule has 6 heteroatoms. The second-order valence-electron chi connectivity index (χ2n) is 8.31. The third-order valence-electron chi connectivity index (χ3n) is 5.44. The van der Waals surface area contributed by atoms with Crippen LogP contribution >= 0.6 is 0 Å². The number of amides is 2. The molecule has 2 rings (SSSR count). The van der Waals surface area contributed by atoms with Crippen molar-refractivity contribution in [2.75, 3.05) is 52.5 Å². The standard InChI is InChI=1S/C18H36N4O2/c1-17(2,21-8-6-5-7-9-21)14-19-16(23)20-15-18(3,4)22-10-12-24-13-11-22/h5-15H2,1-4H3,(H2,19,20,23). The lowest BCUT2D eigenvalue weighted by molar-refractivity contribution is -0.00878. The number of likely N-dealkylation sites (tertiary alicyclic amines) is 1. The van der Waals surface area contributed by atoms with Gasteiger partial charge in [-0.1, -0.05) is 6.42 Å². The molecule has 0 bridgehead atoms. The van der Waals surface area contributed by atoms with Gasteiger partial charge in [-0.3, -0.25) is 9.80 Å². The summed E-state index contributed by atoms with van der Waals surface area (Å²) in [4.78, 5) is 17.1. The molecular weight excluding hydrogens is 304 g/mol. The molecule has 2 amide bonds. The van der Waals surface area contributed by atoms with Gasteiger partial charge < -0.3 is 15.4 Å². The number of rotatable bonds is 6. The smallest absolute Gasteiger partial charge is 0.314 e. The van der Waals surface area contributed by atoms with Gasteiger partial charge in [0.1, 0.15) is 0 Å². The second kappa shape index (κ2) is 8.50. The van der Waals surface area contributed by atoms with Crippen LogP contribution in [0.25, 0.3) is 0 Å². The van der Waals surface area contributed by atoms with E-state index in [0.29, 0.717) is 13.1 Å². The number of carbonyl (C=O) groups is 1. The number of morpholine rings is 1. The van der Waals surface area contributed by atoms with Gasteiger partial charge in [0, 0.05) is 37.3 Å². The summed E-state index contributed by atoms with van der Waals surface area (Å²) in [5, 5.41) is 6.11. The van der Waals surface area contributed by atoms with Crippen molar-refractivity contribution >= 4 is 6.03 Å². The highest BCUT2D eigenvalue weighted by molar-refractivity contribution is 5.74. The fourth-order valence-corrected chi connectivity index (χ4v) is 3.55. The van der Waals surface area contributed by atoms with E-state index in [1.807, 2.05) is 0 Å². The molecule has 0 saturated carbocycles. The van der Waals surface area contributed by atoms with E-state index in [-0.39, 0.29) is 17.1 Å². The van der Waals surface area contributed by atoms with E-state index in [0.717, 1.165) is 39.4 Å². The van der Waals surface area contributed by atoms with Crippen LogP contribution < -0.4 is 10.6 Å². The molecule has 2 aliphatic heterocycles. The Hall–Kier alpha value is -0.850. The first-order valence-electron chi connectivity index (χ1n) is 9.41. The molecule has 0 spiro atoms. The summed E-state index contributed by atoms with van der Waals surface area (Å²) in [5.41, 5.74) is -0.0407. The van der Waals surface area contributed by atoms with Crippen LogP contribution in [0.5, 0.6) is 0 Å². The van der Waals surface area contributed by atoms with Crippen LogP contribution in [0.3, 0.4) is 0 Å². The molecule has 0 unspecified atom stereocenters. The number of hydrogen-bond donors (Lipinski definition) is 2. The minimum atomic E-state index is -0.0681. The fourth-order valence-electron chi connectivity index (χ4n) is 3.55. The number of piperidine rings is 1. The minimum absolute atomic E-state index is 0.0114. The van der Waals surface area contributed by atoms with Gasteiger partial charge in [0.05, 0.1) is 13.2 Å². The monoisotopic (exact) mass is 340 g/mol. The molecule has 2 saturated heterocycles. The topological polar surface area (TPSA) is 56.8 Å². The highest BCUT2D eigenvalue weighted by atomic mass is 16.5. The highest BCUT2D eigenvalue weighted by Gasteiger charge is 2.30. The molecule has 0 radical (unpaired) electrons. The summed E-state index contributed by atoms with van der Waals surface area (Å²) in [6.45, 7) is 15.8. The highest BCUT2D eigenvalue weighted by Crippen LogP contribution is 2.20. The maximum atomic E-state index is 12.2. The van der Waals surface area contributed by atoms with E-state index in [4.69, 9.17) is 4.74 Å². The molecule has 6 nitrogen and oxygen atoms in total. The molecule has 2 N–H and O–H groups in total. The lowest BCUT2D eigenvalue weighted by atomic mass is 9.98. The zero-order chi connectivity index (χ0) is 17.6. The van der Waals surface area contributed by atoms with E-state index in [2.05, 4.69) is 48.1 Å². The molecule has 0 aromatic heterocycles. The van der Waals surface area contributed by atoms with Crippen molar-refractivity contribution in [2.45, 2.75) is 58.0 Å². The molecule has 0 aliphatic carbocycles. The molecule has 2 fully saturated rings. The number of ether oxygens (including phenoxy) is 1. The Labute approximate surface area is 147 Å². The lowest BCUT2D eigenvalue weighted by Gasteiger charge is -2.42. The SMILES string of the molecule is CC(C)(CNC(=O)NCC(C)(C)N1CCOCC1)N1CCCCC1. The zero-order valence-electron chi connectivity index (χ0n) is 16.0. The third-order valence-corrected chi connectivity index (χ3v) is 5.44. The summed E-state index contributed by atoms with van der Waals surface area (Å²) in [6.07, 6.45) is 3.86. The van der Waals surface area contributed by atoms with E-state index >= 15 is 0 Å². The molecule has 140 valence electrons. The van der Waals surface area contributed by atoms with Crippen molar-refractivity contribution in [3.8, 4) is 0 Å². The Morgan fingerprint density at radius 1 is 0.833 bits per heavy atom. The van der Waals surface area contributed by atoms with Crippen molar-refractivity contribution in [3.05, 3.63) is 0 Å². The van der Waals surface area contributed by atoms with Crippen LogP contribution in [0.15, 0.2) is 0 Å². The lowest BCUT2D eigenvalue weighted by Crippen LogP contribution is -2.58. The van der Waals surface area contributed by atoms with Crippen LogP contribution in [0.2, 0.25) is 0 Å². The van der Waals surface area contributed by atoms with Crippen molar-refractivity contribution in [3.63, 3.8) is 0 Å². The normalized spacial score (nSPS) is 21.5. The Balaban J connectivity index is 1.72. The van der Waals surface area contributed by atoms with Gasteiger partial charge in [0.2, 0.25) is 0 Å². The molecule has 2 aliphatic rings. The van der Waals surface area contributed by atoms with Crippen LogP contribution in [0.1, 0.15) is 47.0 Å². The predicted molar refractivity (Wildman–Crippen MR) is 97.4 cm³/mol. The van der Waals surface area contributed by atoms with Crippen molar-refractivity contribution in [1.82, 2.24) is 20.4 Å². The summed E-state index contributed by atoms with van der Waals surface area (Å²) in [6, 6.07) is -0.0681. The third kappa shape index (κ3) is 5.60. The van der Waals surface area contributed by atoms with Crippen LogP contribution in [0.4, 0.5) is 4.79 Å². The Kier molecular flexibility index (Phi) is 6.89. The average Bonchev–Trinajstić information content (AvgIpc) is 2.60. The Bertz CT molecular complexity index is 364. The van der Waals surface area contributed by atoms with Gasteiger partial charge in [-0.05, 0) is 53.6 Å². The second-order valence-corrected chi connectivity index (χ2v) is 8.31. The number of nitrogens with one attached hydrogen (secondary N) is 2. The van der Waals surface area contributed by atoms with Crippen LogP contribution in [0, 0.1) is 0 Å². The maximum absolute atomic E-state index is 12.2. The van der Waals surface area contributed by atoms with E-state index in [1.165, 1.54) is 19.3 Å². The Morgan fingerprint density at radius 2 is 1.29 bits per heavy atom. The summed E-state index contributed by atoms with van der Waals surface area (Å²) < 4.78 is 5.41. The van der Waals surface area contributed by atoms with Gasteiger partial charge >= 0.3 is 6.03 Å². The van der Waals surface area contributed by atoms with E-state index in [9.17, 15) is 4.79 Å². The number of nitrogens with zero attached hydrogens (tertiary/aromatic N) is 2. The summed E-state index contributed by atoms with van der Waals surface area (Å²) in [7, 11) is 0. The van der Waals surface area contributed by atoms with Gasteiger partial charge in [-0.2, -0.15) is 0 Å². The molecular formula is C18H36N4O2. The van der Waals surface area contributed by atoms with Gasteiger partial charge in [-0.15, -0.1) is 0 Å². The first kappa shape index (κ1) is 19.5. The zero-order valence-corrected chi connectivity index (χ0v) is 16.0. The van der Waals surface area contributed by atoms with Gasteiger partial charge in [0.25, 0.3) is 0 Å². The molecule has 2 heterocycles. The van der Waals surface area contributed by atoms with Crippen molar-refractivity contribution in [2.24, 2.45) is 0 Å². The summed E-state index contributed by atoms with van der Waals surface area (Å²) >= 11 is 0. The Morgan fingerprint density at radius 3 is 1.79 bits per heavy atom. The summed E-state index contributed by atoms with van der Waals surface area (Å²) in [5.74, 6) is 0. The largest absolute Gasteiger partial charge is 0.379 e. The number of urea groups is 1. The maximum Gasteiger partial charge on any atom is 0.314 e. The fraction of sp³-hybridized carbons (Fsp3) is 0.944. The molecule has 24 heavy (non-hydrogen) atoms. The van der Waals surface area contributed by atoms with Crippen LogP contribution in [-0.2, 0) is 4.74 Å². The number of carbonyl (C=O) groups excluding carboxylic acids is 1. The van der Waals surface area contributed by atoms with E-state index in [1.54, 1.807) is 0 Å². The quantitative estimate of drug-likeness (QED) is 0.772. The van der Waals surface area contributed by atoms with Gasteiger partial charge in [-0.25, -0.2) is 4.79 Å². The molecule has 0 aromatic carbocycles. The predicted octanol–water partition coefficient (Wildman–Crippen LogP) is 1.66. The minimum Gasteiger partial charge on any atom is -0.379 e. The first-order valence-corrected chi connectivity index (χ1v) is 9.41.